The molecule has 2 saturated heterocycles. The van der Waals surface area contributed by atoms with Gasteiger partial charge >= 0.3 is 0 Å². The number of fused-ring (bicyclic) bond motifs is 1. The number of ether oxygens (including phenoxy) is 1. The van der Waals surface area contributed by atoms with Crippen LogP contribution in [0, 0.1) is 35.5 Å². The minimum absolute atomic E-state index is 0.0252. The molecule has 0 amide bonds. The van der Waals surface area contributed by atoms with Gasteiger partial charge in [0, 0.05) is 12.5 Å². The number of terminal acetylenes is 1. The highest BCUT2D eigenvalue weighted by Gasteiger charge is 2.44. The Bertz CT molecular complexity index is 276. The number of hydrogen-bond donors (Lipinski definition) is 1. The van der Waals surface area contributed by atoms with Crippen LogP contribution in [-0.4, -0.2) is 25.3 Å². The van der Waals surface area contributed by atoms with Crippen molar-refractivity contribution in [2.45, 2.75) is 18.6 Å². The zero-order valence-corrected chi connectivity index (χ0v) is 7.36. The van der Waals surface area contributed by atoms with Gasteiger partial charge in [0.05, 0.1) is 18.1 Å². The molecule has 0 spiro atoms. The lowest BCUT2D eigenvalue weighted by atomic mass is 9.85. The zero-order valence-electron chi connectivity index (χ0n) is 7.36. The average molecular weight is 176 g/mol. The molecule has 68 valence electrons. The Hall–Kier alpha value is -1.03. The fraction of sp³-hybridized carbons (Fsp3) is 0.700. The molecule has 0 bridgehead atoms. The van der Waals surface area contributed by atoms with Gasteiger partial charge in [0.15, 0.2) is 6.10 Å². The van der Waals surface area contributed by atoms with Gasteiger partial charge in [0.25, 0.3) is 0 Å². The molecule has 0 saturated carbocycles. The Morgan fingerprint density at radius 3 is 3.08 bits per heavy atom. The summed E-state index contributed by atoms with van der Waals surface area (Å²) in [5.74, 6) is 2.99. The molecule has 0 aromatic rings. The summed E-state index contributed by atoms with van der Waals surface area (Å²) in [6.45, 7) is 1.86. The van der Waals surface area contributed by atoms with Crippen molar-refractivity contribution in [1.29, 1.82) is 5.26 Å². The lowest BCUT2D eigenvalue weighted by Gasteiger charge is -2.25. The number of hydrogen-bond acceptors (Lipinski definition) is 3. The Labute approximate surface area is 78.1 Å². The first-order valence-corrected chi connectivity index (χ1v) is 4.58. The summed E-state index contributed by atoms with van der Waals surface area (Å²) in [5.41, 5.74) is 0. The largest absolute Gasteiger partial charge is 0.358 e. The van der Waals surface area contributed by atoms with Crippen LogP contribution in [0.5, 0.6) is 0 Å². The predicted molar refractivity (Wildman–Crippen MR) is 47.6 cm³/mol. The van der Waals surface area contributed by atoms with E-state index in [0.29, 0.717) is 5.92 Å². The van der Waals surface area contributed by atoms with Gasteiger partial charge in [-0.2, -0.15) is 5.26 Å². The molecule has 0 radical (unpaired) electrons. The fourth-order valence-electron chi connectivity index (χ4n) is 2.20. The van der Waals surface area contributed by atoms with Crippen LogP contribution in [0.3, 0.4) is 0 Å². The minimum atomic E-state index is -0.389. The Kier molecular flexibility index (Phi) is 2.22. The van der Waals surface area contributed by atoms with Gasteiger partial charge < -0.3 is 10.1 Å². The molecule has 0 aromatic carbocycles. The molecule has 2 aliphatic rings. The number of nitrogens with zero attached hydrogens (tertiary/aromatic N) is 1. The first kappa shape index (κ1) is 8.56. The Morgan fingerprint density at radius 2 is 2.38 bits per heavy atom. The second kappa shape index (κ2) is 3.38. The molecule has 1 N–H and O–H groups in total. The zero-order chi connectivity index (χ0) is 9.26. The van der Waals surface area contributed by atoms with Crippen molar-refractivity contribution in [2.75, 3.05) is 13.1 Å². The van der Waals surface area contributed by atoms with E-state index in [2.05, 4.69) is 17.3 Å². The van der Waals surface area contributed by atoms with Gasteiger partial charge in [0.2, 0.25) is 0 Å². The van der Waals surface area contributed by atoms with E-state index in [0.717, 1.165) is 19.5 Å². The lowest BCUT2D eigenvalue weighted by Crippen LogP contribution is -2.39. The van der Waals surface area contributed by atoms with Crippen molar-refractivity contribution in [2.24, 2.45) is 11.8 Å². The van der Waals surface area contributed by atoms with Gasteiger partial charge in [0.1, 0.15) is 0 Å². The van der Waals surface area contributed by atoms with Crippen LogP contribution < -0.4 is 5.32 Å². The quantitative estimate of drug-likeness (QED) is 0.534. The summed E-state index contributed by atoms with van der Waals surface area (Å²) in [6, 6.07) is 2.13. The van der Waals surface area contributed by atoms with E-state index in [4.69, 9.17) is 16.4 Å². The highest BCUT2D eigenvalue weighted by atomic mass is 16.5. The fourth-order valence-corrected chi connectivity index (χ4v) is 2.20. The van der Waals surface area contributed by atoms with Gasteiger partial charge in [-0.05, 0) is 13.0 Å². The SMILES string of the molecule is C#CC1C(C#N)OC2CCNCC21. The molecule has 0 aromatic heterocycles. The van der Waals surface area contributed by atoms with E-state index in [1.54, 1.807) is 0 Å². The monoisotopic (exact) mass is 176 g/mol. The smallest absolute Gasteiger partial charge is 0.158 e. The van der Waals surface area contributed by atoms with E-state index in [1.807, 2.05) is 0 Å². The predicted octanol–water partition coefficient (Wildman–Crippen LogP) is 0.136. The van der Waals surface area contributed by atoms with Crippen LogP contribution in [0.4, 0.5) is 0 Å². The van der Waals surface area contributed by atoms with Gasteiger partial charge in [-0.25, -0.2) is 0 Å². The summed E-state index contributed by atoms with van der Waals surface area (Å²) in [7, 11) is 0. The first-order valence-electron chi connectivity index (χ1n) is 4.58. The van der Waals surface area contributed by atoms with Crippen LogP contribution in [0.25, 0.3) is 0 Å². The Balaban J connectivity index is 2.16. The van der Waals surface area contributed by atoms with Gasteiger partial charge in [-0.3, -0.25) is 0 Å². The van der Waals surface area contributed by atoms with E-state index in [9.17, 15) is 0 Å². The molecule has 4 unspecified atom stereocenters. The number of rotatable bonds is 0. The van der Waals surface area contributed by atoms with Crippen molar-refractivity contribution >= 4 is 0 Å². The third-order valence-electron chi connectivity index (χ3n) is 2.89. The molecule has 2 heterocycles. The van der Waals surface area contributed by atoms with Gasteiger partial charge in [-0.1, -0.05) is 5.92 Å². The number of piperidine rings is 1. The summed E-state index contributed by atoms with van der Waals surface area (Å²) >= 11 is 0. The summed E-state index contributed by atoms with van der Waals surface area (Å²) in [5, 5.41) is 12.1. The van der Waals surface area contributed by atoms with Crippen molar-refractivity contribution in [3.63, 3.8) is 0 Å². The van der Waals surface area contributed by atoms with Crippen LogP contribution in [-0.2, 0) is 4.74 Å². The Morgan fingerprint density at radius 1 is 1.54 bits per heavy atom. The molecule has 2 rings (SSSR count). The molecule has 2 fully saturated rings. The highest BCUT2D eigenvalue weighted by molar-refractivity contribution is 5.13. The normalized spacial score (nSPS) is 43.2. The van der Waals surface area contributed by atoms with Crippen LogP contribution in [0.2, 0.25) is 0 Å². The number of nitriles is 1. The third-order valence-corrected chi connectivity index (χ3v) is 2.89. The van der Waals surface area contributed by atoms with E-state index >= 15 is 0 Å². The molecule has 0 aliphatic carbocycles. The lowest BCUT2D eigenvalue weighted by molar-refractivity contribution is 0.0450. The molecule has 3 heteroatoms. The third kappa shape index (κ3) is 1.31. The first-order chi connectivity index (χ1) is 6.36. The van der Waals surface area contributed by atoms with Gasteiger partial charge in [-0.15, -0.1) is 6.42 Å². The van der Waals surface area contributed by atoms with E-state index in [1.165, 1.54) is 0 Å². The highest BCUT2D eigenvalue weighted by Crippen LogP contribution is 2.34. The summed E-state index contributed by atoms with van der Waals surface area (Å²) in [4.78, 5) is 0. The molecular formula is C10H12N2O. The number of nitrogens with one attached hydrogen (secondary N) is 1. The van der Waals surface area contributed by atoms with Crippen molar-refractivity contribution in [3.8, 4) is 18.4 Å². The van der Waals surface area contributed by atoms with Crippen LogP contribution in [0.15, 0.2) is 0 Å². The minimum Gasteiger partial charge on any atom is -0.358 e. The van der Waals surface area contributed by atoms with Crippen molar-refractivity contribution < 1.29 is 4.74 Å². The summed E-state index contributed by atoms with van der Waals surface area (Å²) in [6.07, 6.45) is 6.18. The standard InChI is InChI=1S/C10H12N2O/c1-2-7-8-6-12-4-3-9(8)13-10(7)5-11/h1,7-10,12H,3-4,6H2. The molecule has 4 atom stereocenters. The molecule has 13 heavy (non-hydrogen) atoms. The maximum absolute atomic E-state index is 8.82. The molecular weight excluding hydrogens is 164 g/mol. The maximum atomic E-state index is 8.82. The van der Waals surface area contributed by atoms with Crippen molar-refractivity contribution in [1.82, 2.24) is 5.32 Å². The second-order valence-electron chi connectivity index (χ2n) is 3.57. The molecule has 2 aliphatic heterocycles. The van der Waals surface area contributed by atoms with E-state index < -0.39 is 0 Å². The maximum Gasteiger partial charge on any atom is 0.158 e. The topological polar surface area (TPSA) is 45.0 Å². The average Bonchev–Trinajstić information content (AvgIpc) is 2.55. The molecule has 3 nitrogen and oxygen atoms in total. The van der Waals surface area contributed by atoms with E-state index in [-0.39, 0.29) is 18.1 Å². The second-order valence-corrected chi connectivity index (χ2v) is 3.57. The van der Waals surface area contributed by atoms with Crippen LogP contribution in [0.1, 0.15) is 6.42 Å². The van der Waals surface area contributed by atoms with Crippen molar-refractivity contribution in [3.05, 3.63) is 0 Å². The summed E-state index contributed by atoms with van der Waals surface area (Å²) < 4.78 is 5.57. The van der Waals surface area contributed by atoms with Crippen LogP contribution >= 0.6 is 0 Å².